The first-order chi connectivity index (χ1) is 19.0. The summed E-state index contributed by atoms with van der Waals surface area (Å²) < 4.78 is 33.8. The van der Waals surface area contributed by atoms with Gasteiger partial charge in [-0.3, -0.25) is 14.1 Å². The molecule has 1 atom stereocenters. The summed E-state index contributed by atoms with van der Waals surface area (Å²) in [7, 11) is 1.49. The quantitative estimate of drug-likeness (QED) is 0.357. The Morgan fingerprint density at radius 2 is 1.87 bits per heavy atom. The molecule has 5 rings (SSSR count). The Bertz CT molecular complexity index is 1370. The fourth-order valence-corrected chi connectivity index (χ4v) is 5.72. The summed E-state index contributed by atoms with van der Waals surface area (Å²) in [6, 6.07) is 18.9. The van der Waals surface area contributed by atoms with Gasteiger partial charge in [0.05, 0.1) is 12.2 Å². The SMILES string of the molecule is CNC(=O)c1ccc(C2=C(c3ccc(O[C@H]4CCN(CCCF)C4)cc3)c3ccc(N)cc3CCC2)cc1F. The summed E-state index contributed by atoms with van der Waals surface area (Å²) >= 11 is 0. The zero-order valence-electron chi connectivity index (χ0n) is 22.3. The van der Waals surface area contributed by atoms with E-state index in [1.54, 1.807) is 6.07 Å². The van der Waals surface area contributed by atoms with Gasteiger partial charge in [0, 0.05) is 32.4 Å². The van der Waals surface area contributed by atoms with Gasteiger partial charge in [-0.2, -0.15) is 0 Å². The Morgan fingerprint density at radius 1 is 1.08 bits per heavy atom. The van der Waals surface area contributed by atoms with Crippen molar-refractivity contribution < 1.29 is 18.3 Å². The van der Waals surface area contributed by atoms with Crippen LogP contribution in [-0.4, -0.2) is 50.3 Å². The van der Waals surface area contributed by atoms with Crippen molar-refractivity contribution in [1.82, 2.24) is 10.2 Å². The molecule has 3 aromatic rings. The fourth-order valence-electron chi connectivity index (χ4n) is 5.72. The van der Waals surface area contributed by atoms with Gasteiger partial charge >= 0.3 is 0 Å². The largest absolute Gasteiger partial charge is 0.489 e. The lowest BCUT2D eigenvalue weighted by Crippen LogP contribution is -2.26. The normalized spacial score (nSPS) is 17.6. The number of amides is 1. The van der Waals surface area contributed by atoms with Gasteiger partial charge in [0.1, 0.15) is 17.7 Å². The topological polar surface area (TPSA) is 67.6 Å². The lowest BCUT2D eigenvalue weighted by Gasteiger charge is -2.19. The number of benzene rings is 3. The summed E-state index contributed by atoms with van der Waals surface area (Å²) in [5, 5.41) is 2.49. The predicted molar refractivity (Wildman–Crippen MR) is 152 cm³/mol. The first-order valence-corrected chi connectivity index (χ1v) is 13.7. The highest BCUT2D eigenvalue weighted by Crippen LogP contribution is 2.41. The Kier molecular flexibility index (Phi) is 8.27. The lowest BCUT2D eigenvalue weighted by atomic mass is 9.87. The number of rotatable bonds is 8. The minimum atomic E-state index is -0.540. The van der Waals surface area contributed by atoms with E-state index in [1.165, 1.54) is 18.7 Å². The number of allylic oxidation sites excluding steroid dienone is 1. The number of nitrogens with one attached hydrogen (secondary N) is 1. The van der Waals surface area contributed by atoms with Crippen LogP contribution in [0, 0.1) is 5.82 Å². The molecular formula is C32H35F2N3O2. The van der Waals surface area contributed by atoms with Crippen LogP contribution in [0.2, 0.25) is 0 Å². The van der Waals surface area contributed by atoms with E-state index in [2.05, 4.69) is 28.4 Å². The molecular weight excluding hydrogens is 496 g/mol. The summed E-state index contributed by atoms with van der Waals surface area (Å²) in [4.78, 5) is 14.3. The number of nitrogens with zero attached hydrogens (tertiary/aromatic N) is 1. The van der Waals surface area contributed by atoms with Gasteiger partial charge in [0.25, 0.3) is 5.91 Å². The predicted octanol–water partition coefficient (Wildman–Crippen LogP) is 5.88. The molecule has 0 aromatic heterocycles. The van der Waals surface area contributed by atoms with Crippen LogP contribution in [-0.2, 0) is 6.42 Å². The van der Waals surface area contributed by atoms with Crippen molar-refractivity contribution in [2.45, 2.75) is 38.2 Å². The molecule has 1 aliphatic carbocycles. The van der Waals surface area contributed by atoms with Gasteiger partial charge in [-0.1, -0.05) is 24.3 Å². The Hall–Kier alpha value is -3.71. The lowest BCUT2D eigenvalue weighted by molar-refractivity contribution is 0.0959. The van der Waals surface area contributed by atoms with Crippen molar-refractivity contribution in [3.8, 4) is 5.75 Å². The van der Waals surface area contributed by atoms with Crippen molar-refractivity contribution >= 4 is 22.7 Å². The van der Waals surface area contributed by atoms with Crippen LogP contribution in [0.15, 0.2) is 60.7 Å². The van der Waals surface area contributed by atoms with E-state index in [9.17, 15) is 9.18 Å². The maximum absolute atomic E-state index is 15.0. The highest BCUT2D eigenvalue weighted by molar-refractivity contribution is 6.01. The molecule has 3 aromatic carbocycles. The molecule has 7 heteroatoms. The molecule has 0 saturated carbocycles. The van der Waals surface area contributed by atoms with Crippen LogP contribution in [0.3, 0.4) is 0 Å². The van der Waals surface area contributed by atoms with E-state index < -0.39 is 11.7 Å². The monoisotopic (exact) mass is 531 g/mol. The van der Waals surface area contributed by atoms with Gasteiger partial charge in [-0.05, 0) is 102 Å². The molecule has 0 unspecified atom stereocenters. The average molecular weight is 532 g/mol. The highest BCUT2D eigenvalue weighted by atomic mass is 19.1. The van der Waals surface area contributed by atoms with Crippen molar-refractivity contribution in [3.05, 3.63) is 94.3 Å². The third-order valence-corrected chi connectivity index (χ3v) is 7.65. The molecule has 1 aliphatic heterocycles. The molecule has 39 heavy (non-hydrogen) atoms. The number of carbonyl (C=O) groups excluding carboxylic acids is 1. The van der Waals surface area contributed by atoms with Gasteiger partial charge in [-0.25, -0.2) is 4.39 Å². The van der Waals surface area contributed by atoms with Crippen LogP contribution >= 0.6 is 0 Å². The number of ether oxygens (including phenoxy) is 1. The van der Waals surface area contributed by atoms with Crippen molar-refractivity contribution in [3.63, 3.8) is 0 Å². The van der Waals surface area contributed by atoms with Gasteiger partial charge < -0.3 is 15.8 Å². The maximum Gasteiger partial charge on any atom is 0.253 e. The number of carbonyl (C=O) groups is 1. The molecule has 2 aliphatic rings. The molecule has 1 saturated heterocycles. The zero-order chi connectivity index (χ0) is 27.4. The highest BCUT2D eigenvalue weighted by Gasteiger charge is 2.25. The van der Waals surface area contributed by atoms with E-state index in [1.807, 2.05) is 30.3 Å². The number of aryl methyl sites for hydroxylation is 1. The first kappa shape index (κ1) is 26.9. The summed E-state index contributed by atoms with van der Waals surface area (Å²) in [6.45, 7) is 2.21. The standard InChI is InChI=1S/C32H35F2N3O2/c1-36-32(38)29-12-8-23(19-30(29)34)27-5-2-4-22-18-24(35)9-13-28(22)31(27)21-6-10-25(11-7-21)39-26-14-17-37(20-26)16-3-15-33/h6-13,18-19,26H,2-5,14-17,20,35H2,1H3,(H,36,38)/t26-/m0/s1. The van der Waals surface area contributed by atoms with Crippen molar-refractivity contribution in [1.29, 1.82) is 0 Å². The average Bonchev–Trinajstić information content (AvgIpc) is 3.30. The molecule has 1 fully saturated rings. The minimum absolute atomic E-state index is 0.0295. The number of hydrogen-bond donors (Lipinski definition) is 2. The maximum atomic E-state index is 15.0. The number of likely N-dealkylation sites (tertiary alicyclic amines) is 1. The first-order valence-electron chi connectivity index (χ1n) is 13.7. The second-order valence-electron chi connectivity index (χ2n) is 10.3. The smallest absolute Gasteiger partial charge is 0.253 e. The number of anilines is 1. The van der Waals surface area contributed by atoms with E-state index in [0.717, 1.165) is 84.6 Å². The number of halogens is 2. The van der Waals surface area contributed by atoms with E-state index in [4.69, 9.17) is 10.5 Å². The summed E-state index contributed by atoms with van der Waals surface area (Å²) in [6.07, 6.45) is 4.11. The summed E-state index contributed by atoms with van der Waals surface area (Å²) in [5.41, 5.74) is 13.0. The molecule has 1 amide bonds. The second kappa shape index (κ2) is 12.0. The fraction of sp³-hybridized carbons (Fsp3) is 0.344. The van der Waals surface area contributed by atoms with E-state index in [0.29, 0.717) is 6.42 Å². The Labute approximate surface area is 228 Å². The number of nitrogen functional groups attached to an aromatic ring is 1. The number of fused-ring (bicyclic) bond motifs is 1. The van der Waals surface area contributed by atoms with Gasteiger partial charge in [-0.15, -0.1) is 0 Å². The Balaban J connectivity index is 1.50. The van der Waals surface area contributed by atoms with Crippen molar-refractivity contribution in [2.75, 3.05) is 39.1 Å². The van der Waals surface area contributed by atoms with E-state index in [-0.39, 0.29) is 18.3 Å². The summed E-state index contributed by atoms with van der Waals surface area (Å²) in [5.74, 6) is -0.190. The van der Waals surface area contributed by atoms with Crippen LogP contribution in [0.5, 0.6) is 5.75 Å². The third-order valence-electron chi connectivity index (χ3n) is 7.65. The van der Waals surface area contributed by atoms with Gasteiger partial charge in [0.15, 0.2) is 0 Å². The van der Waals surface area contributed by atoms with Crippen molar-refractivity contribution in [2.24, 2.45) is 0 Å². The van der Waals surface area contributed by atoms with Crippen LogP contribution in [0.4, 0.5) is 14.5 Å². The molecule has 1 heterocycles. The van der Waals surface area contributed by atoms with Gasteiger partial charge in [0.2, 0.25) is 0 Å². The molecule has 0 bridgehead atoms. The number of nitrogens with two attached hydrogens (primary N) is 1. The molecule has 204 valence electrons. The number of alkyl halides is 1. The molecule has 5 nitrogen and oxygen atoms in total. The zero-order valence-corrected chi connectivity index (χ0v) is 22.3. The minimum Gasteiger partial charge on any atom is -0.489 e. The Morgan fingerprint density at radius 3 is 2.62 bits per heavy atom. The molecule has 0 radical (unpaired) electrons. The third kappa shape index (κ3) is 5.98. The van der Waals surface area contributed by atoms with E-state index >= 15 is 4.39 Å². The van der Waals surface area contributed by atoms with Crippen LogP contribution in [0.1, 0.15) is 58.3 Å². The van der Waals surface area contributed by atoms with Crippen LogP contribution in [0.25, 0.3) is 11.1 Å². The number of hydrogen-bond acceptors (Lipinski definition) is 4. The second-order valence-corrected chi connectivity index (χ2v) is 10.3. The molecule has 3 N–H and O–H groups in total. The molecule has 0 spiro atoms. The van der Waals surface area contributed by atoms with Crippen LogP contribution < -0.4 is 15.8 Å².